The van der Waals surface area contributed by atoms with Crippen LogP contribution in [-0.2, 0) is 9.53 Å². The van der Waals surface area contributed by atoms with E-state index in [1.54, 1.807) is 0 Å². The molecule has 138 valence electrons. The molecule has 2 fully saturated rings. The second kappa shape index (κ2) is 9.22. The number of nitrogens with zero attached hydrogens (tertiary/aromatic N) is 1. The predicted molar refractivity (Wildman–Crippen MR) is 90.6 cm³/mol. The normalized spacial score (nSPS) is 27.8. The van der Waals surface area contributed by atoms with Crippen molar-refractivity contribution in [2.75, 3.05) is 19.7 Å². The molecule has 3 amide bonds. The van der Waals surface area contributed by atoms with E-state index in [0.29, 0.717) is 19.3 Å². The highest BCUT2D eigenvalue weighted by molar-refractivity contribution is 5.77. The molecule has 7 heteroatoms. The zero-order valence-corrected chi connectivity index (χ0v) is 14.8. The van der Waals surface area contributed by atoms with Crippen molar-refractivity contribution in [3.63, 3.8) is 0 Å². The van der Waals surface area contributed by atoms with E-state index in [0.717, 1.165) is 25.9 Å². The summed E-state index contributed by atoms with van der Waals surface area (Å²) in [4.78, 5) is 26.1. The number of aliphatic hydroxyl groups is 1. The molecule has 0 aromatic carbocycles. The van der Waals surface area contributed by atoms with Crippen LogP contribution in [0.25, 0.3) is 0 Å². The molecule has 2 saturated heterocycles. The highest BCUT2D eigenvalue weighted by Gasteiger charge is 2.33. The lowest BCUT2D eigenvalue weighted by Crippen LogP contribution is -2.54. The van der Waals surface area contributed by atoms with Crippen LogP contribution in [-0.4, -0.2) is 65.9 Å². The molecule has 2 aliphatic heterocycles. The maximum Gasteiger partial charge on any atom is 0.315 e. The molecule has 0 aromatic rings. The highest BCUT2D eigenvalue weighted by Crippen LogP contribution is 2.23. The number of likely N-dealkylation sites (tertiary alicyclic amines) is 1. The first-order valence-electron chi connectivity index (χ1n) is 9.10. The van der Waals surface area contributed by atoms with Crippen LogP contribution in [0.2, 0.25) is 0 Å². The minimum Gasteiger partial charge on any atom is -0.394 e. The number of ether oxygens (including phenoxy) is 1. The molecule has 2 rings (SSSR count). The third kappa shape index (κ3) is 5.63. The molecule has 0 radical (unpaired) electrons. The number of carbonyl (C=O) groups is 2. The van der Waals surface area contributed by atoms with Crippen LogP contribution in [0.3, 0.4) is 0 Å². The quantitative estimate of drug-likeness (QED) is 0.696. The maximum atomic E-state index is 12.3. The van der Waals surface area contributed by atoms with Gasteiger partial charge < -0.3 is 25.4 Å². The van der Waals surface area contributed by atoms with Crippen molar-refractivity contribution in [2.45, 2.75) is 76.7 Å². The number of aliphatic hydroxyl groups excluding tert-OH is 1. The Bertz CT molecular complexity index is 424. The van der Waals surface area contributed by atoms with Gasteiger partial charge in [-0.2, -0.15) is 0 Å². The summed E-state index contributed by atoms with van der Waals surface area (Å²) >= 11 is 0. The maximum absolute atomic E-state index is 12.3. The summed E-state index contributed by atoms with van der Waals surface area (Å²) in [7, 11) is 0. The summed E-state index contributed by atoms with van der Waals surface area (Å²) in [6.45, 7) is 5.30. The van der Waals surface area contributed by atoms with Crippen LogP contribution in [0.5, 0.6) is 0 Å². The third-order valence-corrected chi connectivity index (χ3v) is 4.64. The van der Waals surface area contributed by atoms with Gasteiger partial charge in [-0.05, 0) is 46.0 Å². The smallest absolute Gasteiger partial charge is 0.315 e. The Morgan fingerprint density at radius 2 is 1.92 bits per heavy atom. The molecule has 0 aliphatic carbocycles. The molecular weight excluding hydrogens is 310 g/mol. The highest BCUT2D eigenvalue weighted by atomic mass is 16.5. The van der Waals surface area contributed by atoms with Gasteiger partial charge in [-0.25, -0.2) is 4.79 Å². The van der Waals surface area contributed by atoms with E-state index in [-0.39, 0.29) is 36.7 Å². The summed E-state index contributed by atoms with van der Waals surface area (Å²) in [6.07, 6.45) is 4.49. The summed E-state index contributed by atoms with van der Waals surface area (Å²) < 4.78 is 5.88. The van der Waals surface area contributed by atoms with E-state index in [2.05, 4.69) is 10.6 Å². The zero-order chi connectivity index (χ0) is 17.5. The minimum absolute atomic E-state index is 0.0528. The second-order valence-corrected chi connectivity index (χ2v) is 7.08. The Hall–Kier alpha value is -1.34. The fourth-order valence-electron chi connectivity index (χ4n) is 3.39. The molecule has 3 N–H and O–H groups in total. The van der Waals surface area contributed by atoms with Gasteiger partial charge in [-0.15, -0.1) is 0 Å². The summed E-state index contributed by atoms with van der Waals surface area (Å²) in [5.74, 6) is 0.139. The molecule has 0 unspecified atom stereocenters. The zero-order valence-electron chi connectivity index (χ0n) is 14.8. The van der Waals surface area contributed by atoms with Crippen LogP contribution in [0, 0.1) is 0 Å². The third-order valence-electron chi connectivity index (χ3n) is 4.64. The molecule has 24 heavy (non-hydrogen) atoms. The summed E-state index contributed by atoms with van der Waals surface area (Å²) in [5.41, 5.74) is 0. The molecular formula is C17H31N3O4. The van der Waals surface area contributed by atoms with E-state index >= 15 is 0 Å². The first kappa shape index (κ1) is 19.0. The van der Waals surface area contributed by atoms with Crippen molar-refractivity contribution >= 4 is 11.9 Å². The van der Waals surface area contributed by atoms with Gasteiger partial charge in [0.25, 0.3) is 0 Å². The molecule has 0 saturated carbocycles. The lowest BCUT2D eigenvalue weighted by Gasteiger charge is -2.37. The number of nitrogens with one attached hydrogen (secondary N) is 2. The monoisotopic (exact) mass is 341 g/mol. The molecule has 3 atom stereocenters. The molecule has 0 aromatic heterocycles. The summed E-state index contributed by atoms with van der Waals surface area (Å²) in [5, 5.41) is 15.2. The van der Waals surface area contributed by atoms with Crippen molar-refractivity contribution in [3.8, 4) is 0 Å². The standard InChI is InChI=1S/C17H31N3O4/c1-12(2)18-17(23)19-14-7-6-13(24-15(14)11-21)10-16(22)20-8-4-3-5-9-20/h12-15,21H,3-11H2,1-2H3,(H2,18,19,23)/t13-,14-,15+/m1/s1. The Balaban J connectivity index is 1.80. The van der Waals surface area contributed by atoms with Crippen LogP contribution in [0.15, 0.2) is 0 Å². The largest absolute Gasteiger partial charge is 0.394 e. The topological polar surface area (TPSA) is 90.9 Å². The Kier molecular flexibility index (Phi) is 7.30. The van der Waals surface area contributed by atoms with Gasteiger partial charge in [0.15, 0.2) is 0 Å². The Morgan fingerprint density at radius 3 is 2.54 bits per heavy atom. The predicted octanol–water partition coefficient (Wildman–Crippen LogP) is 1.01. The number of hydrogen-bond acceptors (Lipinski definition) is 4. The van der Waals surface area contributed by atoms with Crippen LogP contribution in [0.4, 0.5) is 4.79 Å². The molecule has 0 bridgehead atoms. The van der Waals surface area contributed by atoms with Gasteiger partial charge in [0.05, 0.1) is 25.2 Å². The van der Waals surface area contributed by atoms with E-state index in [1.807, 2.05) is 18.7 Å². The van der Waals surface area contributed by atoms with E-state index in [4.69, 9.17) is 4.74 Å². The molecule has 2 heterocycles. The van der Waals surface area contributed by atoms with Crippen molar-refractivity contribution in [1.29, 1.82) is 0 Å². The van der Waals surface area contributed by atoms with Crippen molar-refractivity contribution in [2.24, 2.45) is 0 Å². The number of piperidine rings is 1. The van der Waals surface area contributed by atoms with Gasteiger partial charge in [-0.3, -0.25) is 4.79 Å². The van der Waals surface area contributed by atoms with E-state index < -0.39 is 6.10 Å². The lowest BCUT2D eigenvalue weighted by atomic mass is 9.96. The molecule has 7 nitrogen and oxygen atoms in total. The summed E-state index contributed by atoms with van der Waals surface area (Å²) in [6, 6.07) is -0.424. The molecule has 2 aliphatic rings. The van der Waals surface area contributed by atoms with Crippen LogP contribution in [0.1, 0.15) is 52.4 Å². The van der Waals surface area contributed by atoms with Gasteiger partial charge in [0.1, 0.15) is 6.10 Å². The second-order valence-electron chi connectivity index (χ2n) is 7.08. The van der Waals surface area contributed by atoms with Gasteiger partial charge in [0.2, 0.25) is 5.91 Å². The molecule has 0 spiro atoms. The van der Waals surface area contributed by atoms with Crippen molar-refractivity contribution in [1.82, 2.24) is 15.5 Å². The SMILES string of the molecule is CC(C)NC(=O)N[C@@H]1CC[C@H](CC(=O)N2CCCCC2)O[C@H]1CO. The fraction of sp³-hybridized carbons (Fsp3) is 0.882. The minimum atomic E-state index is -0.462. The van der Waals surface area contributed by atoms with Crippen molar-refractivity contribution in [3.05, 3.63) is 0 Å². The first-order chi connectivity index (χ1) is 11.5. The van der Waals surface area contributed by atoms with Gasteiger partial charge in [0, 0.05) is 19.1 Å². The van der Waals surface area contributed by atoms with Gasteiger partial charge in [-0.1, -0.05) is 0 Å². The van der Waals surface area contributed by atoms with Crippen molar-refractivity contribution < 1.29 is 19.4 Å². The van der Waals surface area contributed by atoms with E-state index in [1.165, 1.54) is 6.42 Å². The average Bonchev–Trinajstić information content (AvgIpc) is 2.56. The fourth-order valence-corrected chi connectivity index (χ4v) is 3.39. The number of amides is 3. The van der Waals surface area contributed by atoms with E-state index in [9.17, 15) is 14.7 Å². The number of rotatable bonds is 5. The van der Waals surface area contributed by atoms with Gasteiger partial charge >= 0.3 is 6.03 Å². The number of carbonyl (C=O) groups excluding carboxylic acids is 2. The Morgan fingerprint density at radius 1 is 1.21 bits per heavy atom. The average molecular weight is 341 g/mol. The Labute approximate surface area is 144 Å². The van der Waals surface area contributed by atoms with Crippen LogP contribution >= 0.6 is 0 Å². The number of urea groups is 1. The first-order valence-corrected chi connectivity index (χ1v) is 9.10. The lowest BCUT2D eigenvalue weighted by molar-refractivity contribution is -0.141. The number of hydrogen-bond donors (Lipinski definition) is 3. The van der Waals surface area contributed by atoms with Crippen LogP contribution < -0.4 is 10.6 Å².